The molecule has 0 spiro atoms. The van der Waals surface area contributed by atoms with Gasteiger partial charge in [0.25, 0.3) is 5.91 Å². The van der Waals surface area contributed by atoms with Gasteiger partial charge in [0.05, 0.1) is 12.8 Å². The normalized spacial score (nSPS) is 13.2. The van der Waals surface area contributed by atoms with Crippen LogP contribution in [0.5, 0.6) is 0 Å². The standard InChI is InChI=1S/C20H19NO3/c1-20(23,14-21-19(22)18-8-5-13-24-18)17-11-9-16(10-12-17)15-6-3-2-4-7-15/h2-13,23H,14H2,1H3,(H,21,22)/t20-/m0/s1. The lowest BCUT2D eigenvalue weighted by Gasteiger charge is -2.24. The molecular formula is C20H19NO3. The lowest BCUT2D eigenvalue weighted by Crippen LogP contribution is -2.38. The van der Waals surface area contributed by atoms with Gasteiger partial charge in [0, 0.05) is 0 Å². The van der Waals surface area contributed by atoms with Gasteiger partial charge in [-0.25, -0.2) is 0 Å². The number of benzene rings is 2. The molecular weight excluding hydrogens is 302 g/mol. The van der Waals surface area contributed by atoms with Crippen molar-refractivity contribution in [2.24, 2.45) is 0 Å². The molecule has 0 saturated heterocycles. The molecule has 4 nitrogen and oxygen atoms in total. The van der Waals surface area contributed by atoms with Crippen LogP contribution in [-0.2, 0) is 5.60 Å². The molecule has 3 aromatic rings. The summed E-state index contributed by atoms with van der Waals surface area (Å²) < 4.78 is 5.04. The van der Waals surface area contributed by atoms with Gasteiger partial charge in [-0.05, 0) is 35.7 Å². The molecule has 0 aliphatic carbocycles. The van der Waals surface area contributed by atoms with Crippen LogP contribution >= 0.6 is 0 Å². The number of amides is 1. The topological polar surface area (TPSA) is 62.5 Å². The van der Waals surface area contributed by atoms with Crippen LogP contribution in [0.2, 0.25) is 0 Å². The molecule has 0 unspecified atom stereocenters. The van der Waals surface area contributed by atoms with Crippen molar-refractivity contribution in [1.82, 2.24) is 5.32 Å². The molecule has 1 aromatic heterocycles. The molecule has 4 heteroatoms. The van der Waals surface area contributed by atoms with E-state index in [0.717, 1.165) is 16.7 Å². The number of nitrogens with one attached hydrogen (secondary N) is 1. The third-order valence-electron chi connectivity index (χ3n) is 3.95. The van der Waals surface area contributed by atoms with Crippen LogP contribution in [0.4, 0.5) is 0 Å². The maximum atomic E-state index is 11.9. The van der Waals surface area contributed by atoms with Crippen LogP contribution in [0.3, 0.4) is 0 Å². The molecule has 3 rings (SSSR count). The smallest absolute Gasteiger partial charge is 0.287 e. The minimum Gasteiger partial charge on any atom is -0.459 e. The Morgan fingerprint density at radius 3 is 2.29 bits per heavy atom. The molecule has 1 amide bonds. The van der Waals surface area contributed by atoms with Crippen LogP contribution < -0.4 is 5.32 Å². The number of carbonyl (C=O) groups is 1. The van der Waals surface area contributed by atoms with E-state index in [1.54, 1.807) is 19.1 Å². The third kappa shape index (κ3) is 3.55. The first-order valence-electron chi connectivity index (χ1n) is 7.76. The summed E-state index contributed by atoms with van der Waals surface area (Å²) in [6.07, 6.45) is 1.44. The number of carbonyl (C=O) groups excluding carboxylic acids is 1. The Morgan fingerprint density at radius 2 is 1.67 bits per heavy atom. The van der Waals surface area contributed by atoms with Crippen LogP contribution in [0, 0.1) is 0 Å². The summed E-state index contributed by atoms with van der Waals surface area (Å²) in [7, 11) is 0. The van der Waals surface area contributed by atoms with E-state index in [1.165, 1.54) is 6.26 Å². The average molecular weight is 321 g/mol. The van der Waals surface area contributed by atoms with E-state index in [0.29, 0.717) is 0 Å². The average Bonchev–Trinajstić information content (AvgIpc) is 3.15. The number of aliphatic hydroxyl groups is 1. The van der Waals surface area contributed by atoms with Gasteiger partial charge in [-0.3, -0.25) is 4.79 Å². The summed E-state index contributed by atoms with van der Waals surface area (Å²) in [4.78, 5) is 11.9. The van der Waals surface area contributed by atoms with Gasteiger partial charge in [0.2, 0.25) is 0 Å². The second-order valence-electron chi connectivity index (χ2n) is 5.88. The predicted molar refractivity (Wildman–Crippen MR) is 92.5 cm³/mol. The number of hydrogen-bond acceptors (Lipinski definition) is 3. The van der Waals surface area contributed by atoms with Crippen molar-refractivity contribution in [1.29, 1.82) is 0 Å². The molecule has 0 aliphatic heterocycles. The highest BCUT2D eigenvalue weighted by Crippen LogP contribution is 2.24. The van der Waals surface area contributed by atoms with Crippen molar-refractivity contribution in [2.75, 3.05) is 6.54 Å². The lowest BCUT2D eigenvalue weighted by atomic mass is 9.93. The van der Waals surface area contributed by atoms with E-state index < -0.39 is 5.60 Å². The van der Waals surface area contributed by atoms with Gasteiger partial charge < -0.3 is 14.8 Å². The van der Waals surface area contributed by atoms with Crippen LogP contribution in [0.15, 0.2) is 77.4 Å². The van der Waals surface area contributed by atoms with Crippen molar-refractivity contribution >= 4 is 5.91 Å². The van der Waals surface area contributed by atoms with Gasteiger partial charge in [-0.15, -0.1) is 0 Å². The highest BCUT2D eigenvalue weighted by atomic mass is 16.3. The Bertz CT molecular complexity index is 791. The number of hydrogen-bond donors (Lipinski definition) is 2. The van der Waals surface area contributed by atoms with Gasteiger partial charge in [0.1, 0.15) is 5.60 Å². The molecule has 0 bridgehead atoms. The third-order valence-corrected chi connectivity index (χ3v) is 3.95. The van der Waals surface area contributed by atoms with Crippen molar-refractivity contribution in [2.45, 2.75) is 12.5 Å². The monoisotopic (exact) mass is 321 g/mol. The first-order chi connectivity index (χ1) is 11.6. The van der Waals surface area contributed by atoms with E-state index in [-0.39, 0.29) is 18.2 Å². The molecule has 24 heavy (non-hydrogen) atoms. The van der Waals surface area contributed by atoms with Gasteiger partial charge in [-0.1, -0.05) is 54.6 Å². The summed E-state index contributed by atoms with van der Waals surface area (Å²) in [5.74, 6) is -0.119. The molecule has 2 N–H and O–H groups in total. The summed E-state index contributed by atoms with van der Waals surface area (Å²) in [6, 6.07) is 20.9. The Kier molecular flexibility index (Phi) is 4.49. The van der Waals surface area contributed by atoms with Crippen LogP contribution in [-0.4, -0.2) is 17.6 Å². The molecule has 0 saturated carbocycles. The van der Waals surface area contributed by atoms with Crippen molar-refractivity contribution in [3.8, 4) is 11.1 Å². The fourth-order valence-electron chi connectivity index (χ4n) is 2.50. The fourth-order valence-corrected chi connectivity index (χ4v) is 2.50. The summed E-state index contributed by atoms with van der Waals surface area (Å²) in [6.45, 7) is 1.77. The zero-order chi connectivity index (χ0) is 17.0. The largest absolute Gasteiger partial charge is 0.459 e. The Morgan fingerprint density at radius 1 is 1.00 bits per heavy atom. The highest BCUT2D eigenvalue weighted by Gasteiger charge is 2.24. The highest BCUT2D eigenvalue weighted by molar-refractivity contribution is 5.91. The van der Waals surface area contributed by atoms with Crippen molar-refractivity contribution in [3.63, 3.8) is 0 Å². The summed E-state index contributed by atoms with van der Waals surface area (Å²) >= 11 is 0. The van der Waals surface area contributed by atoms with Crippen molar-refractivity contribution in [3.05, 3.63) is 84.3 Å². The Hall–Kier alpha value is -2.85. The Labute approximate surface area is 140 Å². The van der Waals surface area contributed by atoms with Crippen LogP contribution in [0.25, 0.3) is 11.1 Å². The molecule has 0 radical (unpaired) electrons. The molecule has 0 aliphatic rings. The number of furan rings is 1. The molecule has 0 fully saturated rings. The van der Waals surface area contributed by atoms with Gasteiger partial charge >= 0.3 is 0 Å². The first-order valence-corrected chi connectivity index (χ1v) is 7.76. The van der Waals surface area contributed by atoms with E-state index >= 15 is 0 Å². The summed E-state index contributed by atoms with van der Waals surface area (Å²) in [5.41, 5.74) is 1.77. The zero-order valence-corrected chi connectivity index (χ0v) is 13.4. The zero-order valence-electron chi connectivity index (χ0n) is 13.4. The van der Waals surface area contributed by atoms with Gasteiger partial charge in [-0.2, -0.15) is 0 Å². The van der Waals surface area contributed by atoms with E-state index in [4.69, 9.17) is 4.42 Å². The SMILES string of the molecule is C[C@](O)(CNC(=O)c1ccco1)c1ccc(-c2ccccc2)cc1. The number of rotatable bonds is 5. The molecule has 2 aromatic carbocycles. The predicted octanol–water partition coefficient (Wildman–Crippen LogP) is 3.58. The molecule has 1 atom stereocenters. The maximum Gasteiger partial charge on any atom is 0.287 e. The summed E-state index contributed by atoms with van der Waals surface area (Å²) in [5, 5.41) is 13.3. The Balaban J connectivity index is 1.69. The lowest BCUT2D eigenvalue weighted by molar-refractivity contribution is 0.0519. The van der Waals surface area contributed by atoms with E-state index in [9.17, 15) is 9.90 Å². The quantitative estimate of drug-likeness (QED) is 0.755. The van der Waals surface area contributed by atoms with Gasteiger partial charge in [0.15, 0.2) is 5.76 Å². The first kappa shape index (κ1) is 16.0. The van der Waals surface area contributed by atoms with Crippen molar-refractivity contribution < 1.29 is 14.3 Å². The second kappa shape index (κ2) is 6.72. The maximum absolute atomic E-state index is 11.9. The molecule has 122 valence electrons. The second-order valence-corrected chi connectivity index (χ2v) is 5.88. The van der Waals surface area contributed by atoms with Crippen LogP contribution in [0.1, 0.15) is 23.0 Å². The van der Waals surface area contributed by atoms with E-state index in [1.807, 2.05) is 54.6 Å². The minimum atomic E-state index is -1.17. The molecule has 1 heterocycles. The van der Waals surface area contributed by atoms with E-state index in [2.05, 4.69) is 5.32 Å². The fraction of sp³-hybridized carbons (Fsp3) is 0.150. The minimum absolute atomic E-state index is 0.0945.